The minimum atomic E-state index is -0.910. The number of esters is 1. The van der Waals surface area contributed by atoms with E-state index in [0.29, 0.717) is 22.1 Å². The van der Waals surface area contributed by atoms with Gasteiger partial charge >= 0.3 is 5.97 Å². The standard InChI is InChI=1S/C18H19ClN2O6S/c1-10(20-17(23)15-5-4-6-28-15)18(24)27-9-16(22)21-12-7-11(19)13(25-2)8-14(12)26-3/h4-8,10H,9H2,1-3H3,(H,20,23)(H,21,22). The summed E-state index contributed by atoms with van der Waals surface area (Å²) in [7, 11) is 2.88. The summed E-state index contributed by atoms with van der Waals surface area (Å²) in [5.41, 5.74) is 0.299. The van der Waals surface area contributed by atoms with E-state index >= 15 is 0 Å². The number of rotatable bonds is 8. The molecule has 0 radical (unpaired) electrons. The maximum atomic E-state index is 12.1. The van der Waals surface area contributed by atoms with Gasteiger partial charge in [0.25, 0.3) is 11.8 Å². The van der Waals surface area contributed by atoms with E-state index in [1.807, 2.05) is 0 Å². The topological polar surface area (TPSA) is 103 Å². The number of thiophene rings is 1. The van der Waals surface area contributed by atoms with E-state index in [1.54, 1.807) is 17.5 Å². The third-order valence-electron chi connectivity index (χ3n) is 3.54. The Morgan fingerprint density at radius 1 is 1.18 bits per heavy atom. The molecule has 2 aromatic rings. The Kier molecular flexibility index (Phi) is 7.65. The molecular weight excluding hydrogens is 408 g/mol. The number of ether oxygens (including phenoxy) is 3. The van der Waals surface area contributed by atoms with Crippen LogP contribution in [0.1, 0.15) is 16.6 Å². The lowest BCUT2D eigenvalue weighted by Gasteiger charge is -2.14. The van der Waals surface area contributed by atoms with E-state index < -0.39 is 24.5 Å². The van der Waals surface area contributed by atoms with Crippen molar-refractivity contribution in [1.29, 1.82) is 0 Å². The highest BCUT2D eigenvalue weighted by atomic mass is 35.5. The Bertz CT molecular complexity index is 856. The van der Waals surface area contributed by atoms with E-state index in [9.17, 15) is 14.4 Å². The van der Waals surface area contributed by atoms with Gasteiger partial charge in [0.1, 0.15) is 17.5 Å². The van der Waals surface area contributed by atoms with Crippen LogP contribution in [0.2, 0.25) is 5.02 Å². The first-order chi connectivity index (χ1) is 13.3. The predicted octanol–water partition coefficient (Wildman–Crippen LogP) is 2.72. The first-order valence-corrected chi connectivity index (χ1v) is 9.33. The molecule has 1 unspecified atom stereocenters. The summed E-state index contributed by atoms with van der Waals surface area (Å²) in [6.07, 6.45) is 0. The second-order valence-corrected chi connectivity index (χ2v) is 6.87. The molecule has 1 aromatic carbocycles. The summed E-state index contributed by atoms with van der Waals surface area (Å²) in [5.74, 6) is -0.998. The highest BCUT2D eigenvalue weighted by Gasteiger charge is 2.20. The van der Waals surface area contributed by atoms with Gasteiger partial charge in [0.15, 0.2) is 6.61 Å². The van der Waals surface area contributed by atoms with E-state index in [-0.39, 0.29) is 10.9 Å². The second kappa shape index (κ2) is 9.95. The van der Waals surface area contributed by atoms with Gasteiger partial charge in [0.05, 0.1) is 29.8 Å². The van der Waals surface area contributed by atoms with Crippen LogP contribution in [0, 0.1) is 0 Å². The highest BCUT2D eigenvalue weighted by Crippen LogP contribution is 2.35. The minimum absolute atomic E-state index is 0.278. The van der Waals surface area contributed by atoms with Crippen molar-refractivity contribution in [3.63, 3.8) is 0 Å². The summed E-state index contributed by atoms with van der Waals surface area (Å²) in [6.45, 7) is 0.933. The molecule has 2 N–H and O–H groups in total. The van der Waals surface area contributed by atoms with Gasteiger partial charge in [-0.25, -0.2) is 4.79 Å². The smallest absolute Gasteiger partial charge is 0.328 e. The van der Waals surface area contributed by atoms with Crippen LogP contribution >= 0.6 is 22.9 Å². The number of hydrogen-bond acceptors (Lipinski definition) is 7. The zero-order valence-electron chi connectivity index (χ0n) is 15.4. The van der Waals surface area contributed by atoms with E-state index in [1.165, 1.54) is 44.6 Å². The normalized spacial score (nSPS) is 11.3. The average Bonchev–Trinajstić information content (AvgIpc) is 3.21. The molecule has 0 bridgehead atoms. The number of methoxy groups -OCH3 is 2. The predicted molar refractivity (Wildman–Crippen MR) is 105 cm³/mol. The molecule has 10 heteroatoms. The Morgan fingerprint density at radius 3 is 2.50 bits per heavy atom. The number of nitrogens with one attached hydrogen (secondary N) is 2. The van der Waals surface area contributed by atoms with Gasteiger partial charge in [0.2, 0.25) is 0 Å². The second-order valence-electron chi connectivity index (χ2n) is 5.52. The quantitative estimate of drug-likeness (QED) is 0.629. The van der Waals surface area contributed by atoms with Crippen molar-refractivity contribution < 1.29 is 28.6 Å². The number of benzene rings is 1. The van der Waals surface area contributed by atoms with Crippen molar-refractivity contribution in [1.82, 2.24) is 5.32 Å². The van der Waals surface area contributed by atoms with Crippen molar-refractivity contribution in [2.75, 3.05) is 26.1 Å². The number of amides is 2. The Morgan fingerprint density at radius 2 is 1.89 bits per heavy atom. The Labute approximate surface area is 170 Å². The van der Waals surface area contributed by atoms with Gasteiger partial charge in [-0.05, 0) is 24.4 Å². The lowest BCUT2D eigenvalue weighted by Crippen LogP contribution is -2.40. The Balaban J connectivity index is 1.89. The van der Waals surface area contributed by atoms with Gasteiger partial charge in [0, 0.05) is 6.07 Å². The SMILES string of the molecule is COc1cc(OC)c(NC(=O)COC(=O)C(C)NC(=O)c2cccs2)cc1Cl. The molecule has 150 valence electrons. The molecular formula is C18H19ClN2O6S. The van der Waals surface area contributed by atoms with Crippen LogP contribution in [0.5, 0.6) is 11.5 Å². The van der Waals surface area contributed by atoms with Gasteiger partial charge in [-0.1, -0.05) is 17.7 Å². The molecule has 1 heterocycles. The van der Waals surface area contributed by atoms with Crippen molar-refractivity contribution >= 4 is 46.4 Å². The fourth-order valence-electron chi connectivity index (χ4n) is 2.14. The number of hydrogen-bond donors (Lipinski definition) is 2. The van der Waals surface area contributed by atoms with E-state index in [0.717, 1.165) is 0 Å². The van der Waals surface area contributed by atoms with Crippen LogP contribution in [0.25, 0.3) is 0 Å². The van der Waals surface area contributed by atoms with Gasteiger partial charge in [-0.2, -0.15) is 0 Å². The summed E-state index contributed by atoms with van der Waals surface area (Å²) < 4.78 is 15.2. The monoisotopic (exact) mass is 426 g/mol. The van der Waals surface area contributed by atoms with E-state index in [2.05, 4.69) is 10.6 Å². The number of carbonyl (C=O) groups is 3. The fraction of sp³-hybridized carbons (Fsp3) is 0.278. The molecule has 0 spiro atoms. The fourth-order valence-corrected chi connectivity index (χ4v) is 3.01. The first-order valence-electron chi connectivity index (χ1n) is 8.08. The molecule has 1 atom stereocenters. The van der Waals surface area contributed by atoms with Crippen LogP contribution in [0.3, 0.4) is 0 Å². The van der Waals surface area contributed by atoms with Gasteiger partial charge < -0.3 is 24.8 Å². The van der Waals surface area contributed by atoms with Crippen molar-refractivity contribution in [3.05, 3.63) is 39.5 Å². The first kappa shape index (κ1) is 21.5. The van der Waals surface area contributed by atoms with Gasteiger partial charge in [-0.3, -0.25) is 9.59 Å². The Hall–Kier alpha value is -2.78. The molecule has 0 fully saturated rings. The molecule has 2 rings (SSSR count). The number of carbonyl (C=O) groups excluding carboxylic acids is 3. The van der Waals surface area contributed by atoms with Crippen molar-refractivity contribution in [2.45, 2.75) is 13.0 Å². The molecule has 1 aromatic heterocycles. The molecule has 0 saturated heterocycles. The van der Waals surface area contributed by atoms with E-state index in [4.69, 9.17) is 25.8 Å². The summed E-state index contributed by atoms with van der Waals surface area (Å²) in [6, 6.07) is 5.44. The van der Waals surface area contributed by atoms with Crippen LogP contribution in [-0.4, -0.2) is 44.7 Å². The zero-order valence-corrected chi connectivity index (χ0v) is 17.0. The summed E-state index contributed by atoms with van der Waals surface area (Å²) >= 11 is 7.30. The summed E-state index contributed by atoms with van der Waals surface area (Å²) in [5, 5.41) is 7.08. The average molecular weight is 427 g/mol. The molecule has 0 aliphatic heterocycles. The highest BCUT2D eigenvalue weighted by molar-refractivity contribution is 7.12. The molecule has 2 amide bonds. The molecule has 0 aliphatic rings. The molecule has 0 saturated carbocycles. The number of anilines is 1. The zero-order chi connectivity index (χ0) is 20.7. The third-order valence-corrected chi connectivity index (χ3v) is 4.70. The van der Waals surface area contributed by atoms with Gasteiger partial charge in [-0.15, -0.1) is 11.3 Å². The van der Waals surface area contributed by atoms with Crippen LogP contribution in [0.4, 0.5) is 5.69 Å². The van der Waals surface area contributed by atoms with Crippen LogP contribution in [0.15, 0.2) is 29.6 Å². The third kappa shape index (κ3) is 5.61. The maximum Gasteiger partial charge on any atom is 0.328 e. The van der Waals surface area contributed by atoms with Crippen LogP contribution < -0.4 is 20.1 Å². The summed E-state index contributed by atoms with van der Waals surface area (Å²) in [4.78, 5) is 36.5. The maximum absolute atomic E-state index is 12.1. The lowest BCUT2D eigenvalue weighted by atomic mass is 10.2. The number of halogens is 1. The van der Waals surface area contributed by atoms with Crippen molar-refractivity contribution in [3.8, 4) is 11.5 Å². The molecule has 28 heavy (non-hydrogen) atoms. The van der Waals surface area contributed by atoms with Crippen LogP contribution in [-0.2, 0) is 14.3 Å². The minimum Gasteiger partial charge on any atom is -0.495 e. The molecule has 0 aliphatic carbocycles. The largest absolute Gasteiger partial charge is 0.495 e. The molecule has 8 nitrogen and oxygen atoms in total. The lowest BCUT2D eigenvalue weighted by molar-refractivity contribution is -0.148. The van der Waals surface area contributed by atoms with Crippen molar-refractivity contribution in [2.24, 2.45) is 0 Å².